The third-order valence-electron chi connectivity index (χ3n) is 14.0. The number of ether oxygens (including phenoxy) is 1. The van der Waals surface area contributed by atoms with Crippen LogP contribution < -0.4 is 0 Å². The second-order valence-corrected chi connectivity index (χ2v) is 17.6. The third kappa shape index (κ3) is 7.95. The molecule has 9 heteroatoms. The van der Waals surface area contributed by atoms with E-state index in [1.54, 1.807) is 0 Å². The summed E-state index contributed by atoms with van der Waals surface area (Å²) in [4.78, 5) is 20.6. The number of benzene rings is 3. The van der Waals surface area contributed by atoms with Crippen molar-refractivity contribution in [1.82, 2.24) is 38.7 Å². The van der Waals surface area contributed by atoms with E-state index in [4.69, 9.17) is 14.7 Å². The van der Waals surface area contributed by atoms with Crippen molar-refractivity contribution in [1.29, 1.82) is 0 Å². The quantitative estimate of drug-likeness (QED) is 0.184. The molecule has 0 bridgehead atoms. The monoisotopic (exact) mass is 755 g/mol. The number of nitrogens with zero attached hydrogens (tertiary/aromatic N) is 8. The largest absolute Gasteiger partial charge is 0.379 e. The van der Waals surface area contributed by atoms with Crippen LogP contribution in [0.4, 0.5) is 0 Å². The van der Waals surface area contributed by atoms with Gasteiger partial charge in [0.15, 0.2) is 0 Å². The summed E-state index contributed by atoms with van der Waals surface area (Å²) in [5, 5.41) is 0. The van der Waals surface area contributed by atoms with Gasteiger partial charge in [-0.25, -0.2) is 9.97 Å². The summed E-state index contributed by atoms with van der Waals surface area (Å²) in [6, 6.07) is 24.5. The molecule has 3 fully saturated rings. The van der Waals surface area contributed by atoms with Crippen molar-refractivity contribution in [2.45, 2.75) is 115 Å². The van der Waals surface area contributed by atoms with Gasteiger partial charge in [0.2, 0.25) is 0 Å². The second-order valence-electron chi connectivity index (χ2n) is 17.6. The van der Waals surface area contributed by atoms with Gasteiger partial charge >= 0.3 is 0 Å². The van der Waals surface area contributed by atoms with Crippen molar-refractivity contribution < 1.29 is 4.74 Å². The summed E-state index contributed by atoms with van der Waals surface area (Å²) in [7, 11) is 0. The Hall–Kier alpha value is -3.60. The van der Waals surface area contributed by atoms with E-state index < -0.39 is 0 Å². The smallest absolute Gasteiger partial charge is 0.111 e. The maximum Gasteiger partial charge on any atom is 0.111 e. The van der Waals surface area contributed by atoms with Crippen LogP contribution in [0.15, 0.2) is 60.7 Å². The van der Waals surface area contributed by atoms with E-state index in [2.05, 4.69) is 89.4 Å². The van der Waals surface area contributed by atoms with Gasteiger partial charge in [0, 0.05) is 103 Å². The van der Waals surface area contributed by atoms with Crippen molar-refractivity contribution in [2.75, 3.05) is 59.0 Å². The van der Waals surface area contributed by atoms with E-state index >= 15 is 0 Å². The number of aryl methyl sites for hydroxylation is 2. The molecule has 11 rings (SSSR count). The number of rotatable bonds is 6. The van der Waals surface area contributed by atoms with Gasteiger partial charge in [-0.1, -0.05) is 49.2 Å². The van der Waals surface area contributed by atoms with E-state index in [9.17, 15) is 0 Å². The van der Waals surface area contributed by atoms with Crippen molar-refractivity contribution >= 4 is 22.1 Å². The van der Waals surface area contributed by atoms with Crippen LogP contribution in [0.3, 0.4) is 0 Å². The molecule has 0 atom stereocenters. The van der Waals surface area contributed by atoms with Crippen LogP contribution in [0.5, 0.6) is 0 Å². The molecule has 6 heterocycles. The van der Waals surface area contributed by atoms with E-state index in [1.165, 1.54) is 134 Å². The minimum absolute atomic E-state index is 0.849. The van der Waals surface area contributed by atoms with Crippen molar-refractivity contribution in [3.63, 3.8) is 0 Å². The Kier molecular flexibility index (Phi) is 11.0. The van der Waals surface area contributed by atoms with Gasteiger partial charge in [0.05, 0.1) is 35.3 Å². The van der Waals surface area contributed by atoms with E-state index in [0.29, 0.717) is 0 Å². The van der Waals surface area contributed by atoms with Crippen LogP contribution in [0.25, 0.3) is 22.1 Å². The molecule has 0 amide bonds. The standard InChI is InChI=1S/C26H32N4.C21H30N4O/c1-2-6-22-19-28(15-11-21(22)5-1)18-20-9-10-25-24(17-20)27-26-12-16-29(23-7-3-8-23)13-4-14-30(25)26;1-3-18(4-1)24-8-2-9-25-20-6-5-17(16-23-11-13-26-14-12-23)15-19(20)22-21(25)7-10-24/h1-2,5-6,9-10,17,23H,3-4,7-8,11-16,18-19H2;5-6,15,18H,1-4,7-14,16H2. The normalized spacial score (nSPS) is 22.1. The Morgan fingerprint density at radius 2 is 1.07 bits per heavy atom. The van der Waals surface area contributed by atoms with Gasteiger partial charge in [-0.15, -0.1) is 0 Å². The van der Waals surface area contributed by atoms with Gasteiger partial charge in [-0.3, -0.25) is 19.6 Å². The topological polar surface area (TPSA) is 57.8 Å². The predicted octanol–water partition coefficient (Wildman–Crippen LogP) is 7.06. The zero-order valence-corrected chi connectivity index (χ0v) is 33.6. The first kappa shape index (κ1) is 36.7. The molecule has 296 valence electrons. The lowest BCUT2D eigenvalue weighted by atomic mass is 9.91. The lowest BCUT2D eigenvalue weighted by Gasteiger charge is -2.38. The number of imidazole rings is 2. The first-order valence-corrected chi connectivity index (χ1v) is 22.2. The highest BCUT2D eigenvalue weighted by Gasteiger charge is 2.28. The molecule has 4 aliphatic heterocycles. The van der Waals surface area contributed by atoms with Gasteiger partial charge in [0.1, 0.15) is 11.6 Å². The predicted molar refractivity (Wildman–Crippen MR) is 225 cm³/mol. The Morgan fingerprint density at radius 1 is 0.518 bits per heavy atom. The van der Waals surface area contributed by atoms with Crippen molar-refractivity contribution in [3.05, 3.63) is 94.6 Å². The lowest BCUT2D eigenvalue weighted by molar-refractivity contribution is 0.0342. The van der Waals surface area contributed by atoms with Gasteiger partial charge in [-0.05, 0) is 91.5 Å². The van der Waals surface area contributed by atoms with Crippen molar-refractivity contribution in [2.24, 2.45) is 0 Å². The molecule has 5 aromatic rings. The van der Waals surface area contributed by atoms with Gasteiger partial charge in [-0.2, -0.15) is 0 Å². The summed E-state index contributed by atoms with van der Waals surface area (Å²) >= 11 is 0. The maximum atomic E-state index is 5.46. The Labute approximate surface area is 333 Å². The molecule has 9 nitrogen and oxygen atoms in total. The molecule has 3 aromatic carbocycles. The van der Waals surface area contributed by atoms with Crippen LogP contribution >= 0.6 is 0 Å². The third-order valence-corrected chi connectivity index (χ3v) is 14.0. The fourth-order valence-electron chi connectivity index (χ4n) is 10.3. The highest BCUT2D eigenvalue weighted by Crippen LogP contribution is 2.30. The van der Waals surface area contributed by atoms with Gasteiger partial charge in [0.25, 0.3) is 0 Å². The highest BCUT2D eigenvalue weighted by atomic mass is 16.5. The summed E-state index contributed by atoms with van der Waals surface area (Å²) in [5.41, 5.74) is 10.8. The maximum absolute atomic E-state index is 5.46. The minimum atomic E-state index is 0.849. The Morgan fingerprint density at radius 3 is 1.62 bits per heavy atom. The molecule has 2 aromatic heterocycles. The number of fused-ring (bicyclic) bond motifs is 7. The molecule has 2 aliphatic carbocycles. The van der Waals surface area contributed by atoms with E-state index in [-0.39, 0.29) is 0 Å². The Bertz CT molecular complexity index is 2110. The molecule has 0 N–H and O–H groups in total. The number of hydrogen-bond acceptors (Lipinski definition) is 7. The fourth-order valence-corrected chi connectivity index (χ4v) is 10.3. The number of morpholine rings is 1. The molecule has 1 saturated heterocycles. The average Bonchev–Trinajstić information content (AvgIpc) is 3.68. The molecular formula is C47H62N8O. The molecule has 6 aliphatic rings. The molecule has 0 spiro atoms. The summed E-state index contributed by atoms with van der Waals surface area (Å²) < 4.78 is 10.4. The zero-order chi connectivity index (χ0) is 37.3. The Balaban J connectivity index is 0.000000139. The molecule has 2 saturated carbocycles. The first-order chi connectivity index (χ1) is 27.7. The summed E-state index contributed by atoms with van der Waals surface area (Å²) in [5.74, 6) is 2.57. The van der Waals surface area contributed by atoms with E-state index in [1.807, 2.05) is 0 Å². The summed E-state index contributed by atoms with van der Waals surface area (Å²) in [6.45, 7) is 15.1. The van der Waals surface area contributed by atoms with Crippen molar-refractivity contribution in [3.8, 4) is 0 Å². The van der Waals surface area contributed by atoms with Crippen LogP contribution in [0.1, 0.15) is 85.3 Å². The van der Waals surface area contributed by atoms with Crippen LogP contribution in [-0.4, -0.2) is 110 Å². The molecule has 0 unspecified atom stereocenters. The zero-order valence-electron chi connectivity index (χ0n) is 33.6. The first-order valence-electron chi connectivity index (χ1n) is 22.2. The highest BCUT2D eigenvalue weighted by molar-refractivity contribution is 5.77. The van der Waals surface area contributed by atoms with Crippen LogP contribution in [-0.2, 0) is 56.7 Å². The van der Waals surface area contributed by atoms with Gasteiger partial charge < -0.3 is 13.9 Å². The molecule has 56 heavy (non-hydrogen) atoms. The minimum Gasteiger partial charge on any atom is -0.379 e. The molecule has 0 radical (unpaired) electrons. The number of hydrogen-bond donors (Lipinski definition) is 0. The SMILES string of the molecule is c1cc2c(cc1CN1CCOCC1)nc1n2CCCN(C2CCC2)CC1.c1ccc2c(c1)CCN(Cc1ccc3c(c1)nc1n3CCCN(C3CCC3)CC1)C2. The fraction of sp³-hybridized carbons (Fsp3) is 0.574. The molecular weight excluding hydrogens is 693 g/mol. The average molecular weight is 755 g/mol. The summed E-state index contributed by atoms with van der Waals surface area (Å²) in [6.07, 6.45) is 14.3. The van der Waals surface area contributed by atoms with Crippen LogP contribution in [0, 0.1) is 0 Å². The van der Waals surface area contributed by atoms with E-state index in [0.717, 1.165) is 96.9 Å². The number of aromatic nitrogens is 4. The van der Waals surface area contributed by atoms with Crippen LogP contribution in [0.2, 0.25) is 0 Å². The lowest BCUT2D eigenvalue weighted by Crippen LogP contribution is -2.43. The second kappa shape index (κ2) is 16.7.